The van der Waals surface area contributed by atoms with E-state index < -0.39 is 0 Å². The van der Waals surface area contributed by atoms with Crippen molar-refractivity contribution in [2.24, 2.45) is 5.92 Å². The Morgan fingerprint density at radius 2 is 2.15 bits per heavy atom. The Morgan fingerprint density at radius 3 is 2.92 bits per heavy atom. The largest absolute Gasteiger partial charge is 0.350 e. The van der Waals surface area contributed by atoms with Gasteiger partial charge in [-0.15, -0.1) is 11.3 Å². The number of rotatable bonds is 5. The van der Waals surface area contributed by atoms with Crippen LogP contribution in [0.1, 0.15) is 23.2 Å². The van der Waals surface area contributed by atoms with Crippen LogP contribution in [0.5, 0.6) is 0 Å². The Kier molecular flexibility index (Phi) is 4.46. The van der Waals surface area contributed by atoms with Gasteiger partial charge in [-0.05, 0) is 12.5 Å². The molecule has 26 heavy (non-hydrogen) atoms. The van der Waals surface area contributed by atoms with Crippen molar-refractivity contribution in [3.05, 3.63) is 58.9 Å². The molecule has 1 aliphatic rings. The van der Waals surface area contributed by atoms with E-state index in [-0.39, 0.29) is 24.2 Å². The van der Waals surface area contributed by atoms with Crippen LogP contribution in [0.15, 0.2) is 42.0 Å². The topological polar surface area (TPSA) is 66.7 Å². The highest BCUT2D eigenvalue weighted by Gasteiger charge is 2.34. The van der Waals surface area contributed by atoms with Gasteiger partial charge in [0, 0.05) is 37.3 Å². The van der Waals surface area contributed by atoms with Gasteiger partial charge >= 0.3 is 0 Å². The summed E-state index contributed by atoms with van der Waals surface area (Å²) >= 11 is 1.56. The number of benzene rings is 1. The third kappa shape index (κ3) is 3.48. The number of aryl methyl sites for hydroxylation is 1. The number of likely N-dealkylation sites (tertiary alicyclic amines) is 1. The number of imidazole rings is 1. The second-order valence-corrected chi connectivity index (χ2v) is 7.58. The third-order valence-electron chi connectivity index (χ3n) is 4.67. The lowest BCUT2D eigenvalue weighted by molar-refractivity contribution is -0.129. The van der Waals surface area contributed by atoms with E-state index in [0.29, 0.717) is 19.6 Å². The molecule has 1 aromatic carbocycles. The van der Waals surface area contributed by atoms with Crippen LogP contribution < -0.4 is 5.32 Å². The molecule has 134 valence electrons. The number of thiazole rings is 1. The van der Waals surface area contributed by atoms with Crippen molar-refractivity contribution in [1.29, 1.82) is 0 Å². The number of hydrogen-bond acceptors (Lipinski definition) is 4. The SMILES string of the molecule is Cc1ccc(CN2CC(C(=O)NCc3cn4ccsc4n3)CC2=O)cc1. The van der Waals surface area contributed by atoms with Crippen LogP contribution in [-0.4, -0.2) is 32.6 Å². The van der Waals surface area contributed by atoms with Gasteiger partial charge in [-0.3, -0.25) is 14.0 Å². The van der Waals surface area contributed by atoms with Crippen molar-refractivity contribution in [1.82, 2.24) is 19.6 Å². The van der Waals surface area contributed by atoms with E-state index in [9.17, 15) is 9.59 Å². The quantitative estimate of drug-likeness (QED) is 0.752. The predicted molar refractivity (Wildman–Crippen MR) is 99.6 cm³/mol. The summed E-state index contributed by atoms with van der Waals surface area (Å²) in [4.78, 5) is 31.8. The molecule has 1 fully saturated rings. The van der Waals surface area contributed by atoms with Crippen molar-refractivity contribution in [2.45, 2.75) is 26.4 Å². The third-order valence-corrected chi connectivity index (χ3v) is 5.44. The molecule has 1 aliphatic heterocycles. The fourth-order valence-corrected chi connectivity index (χ4v) is 3.92. The van der Waals surface area contributed by atoms with E-state index in [1.165, 1.54) is 5.56 Å². The highest BCUT2D eigenvalue weighted by Crippen LogP contribution is 2.21. The molecule has 7 heteroatoms. The van der Waals surface area contributed by atoms with Crippen LogP contribution in [0, 0.1) is 12.8 Å². The standard InChI is InChI=1S/C19H20N4O2S/c1-13-2-4-14(5-3-13)10-23-11-15(8-17(23)24)18(25)20-9-16-12-22-6-7-26-19(22)21-16/h2-7,12,15H,8-11H2,1H3,(H,20,25). The van der Waals surface area contributed by atoms with Crippen LogP contribution in [0.2, 0.25) is 0 Å². The molecule has 1 saturated heterocycles. The molecule has 0 bridgehead atoms. The molecule has 1 atom stereocenters. The summed E-state index contributed by atoms with van der Waals surface area (Å²) in [5, 5.41) is 4.88. The van der Waals surface area contributed by atoms with Gasteiger partial charge in [0.25, 0.3) is 0 Å². The van der Waals surface area contributed by atoms with Gasteiger partial charge in [-0.1, -0.05) is 29.8 Å². The molecule has 4 rings (SSSR count). The summed E-state index contributed by atoms with van der Waals surface area (Å²) in [6.07, 6.45) is 4.13. The van der Waals surface area contributed by atoms with Crippen LogP contribution in [0.3, 0.4) is 0 Å². The van der Waals surface area contributed by atoms with Crippen molar-refractivity contribution >= 4 is 28.1 Å². The zero-order chi connectivity index (χ0) is 18.1. The highest BCUT2D eigenvalue weighted by atomic mass is 32.1. The first-order chi connectivity index (χ1) is 12.6. The number of nitrogens with one attached hydrogen (secondary N) is 1. The zero-order valence-corrected chi connectivity index (χ0v) is 15.3. The van der Waals surface area contributed by atoms with Gasteiger partial charge in [0.2, 0.25) is 11.8 Å². The molecule has 6 nitrogen and oxygen atoms in total. The maximum atomic E-state index is 12.4. The van der Waals surface area contributed by atoms with Crippen LogP contribution >= 0.6 is 11.3 Å². The molecular formula is C19H20N4O2S. The Morgan fingerprint density at radius 1 is 1.35 bits per heavy atom. The Bertz CT molecular complexity index is 916. The average molecular weight is 368 g/mol. The second-order valence-electron chi connectivity index (χ2n) is 6.70. The second kappa shape index (κ2) is 6.92. The number of hydrogen-bond donors (Lipinski definition) is 1. The molecule has 0 radical (unpaired) electrons. The first kappa shape index (κ1) is 16.8. The first-order valence-corrected chi connectivity index (χ1v) is 9.48. The summed E-state index contributed by atoms with van der Waals surface area (Å²) in [6, 6.07) is 8.13. The lowest BCUT2D eigenvalue weighted by Crippen LogP contribution is -2.32. The van der Waals surface area contributed by atoms with Gasteiger partial charge < -0.3 is 10.2 Å². The van der Waals surface area contributed by atoms with Crippen LogP contribution in [0.25, 0.3) is 4.96 Å². The Labute approximate surface area is 155 Å². The number of aromatic nitrogens is 2. The normalized spacial score (nSPS) is 17.2. The van der Waals surface area contributed by atoms with E-state index in [1.807, 2.05) is 53.4 Å². The van der Waals surface area contributed by atoms with E-state index in [0.717, 1.165) is 16.2 Å². The minimum Gasteiger partial charge on any atom is -0.350 e. The van der Waals surface area contributed by atoms with Crippen molar-refractivity contribution in [2.75, 3.05) is 6.54 Å². The molecular weight excluding hydrogens is 348 g/mol. The lowest BCUT2D eigenvalue weighted by atomic mass is 10.1. The van der Waals surface area contributed by atoms with E-state index in [2.05, 4.69) is 10.3 Å². The van der Waals surface area contributed by atoms with E-state index in [4.69, 9.17) is 0 Å². The Balaban J connectivity index is 1.32. The molecule has 0 spiro atoms. The molecule has 2 aromatic heterocycles. The van der Waals surface area contributed by atoms with Crippen molar-refractivity contribution in [3.63, 3.8) is 0 Å². The summed E-state index contributed by atoms with van der Waals surface area (Å²) in [6.45, 7) is 3.45. The monoisotopic (exact) mass is 368 g/mol. The van der Waals surface area contributed by atoms with Gasteiger partial charge in [-0.2, -0.15) is 0 Å². The Hall–Kier alpha value is -2.67. The number of carbonyl (C=O) groups excluding carboxylic acids is 2. The molecule has 0 saturated carbocycles. The molecule has 0 aliphatic carbocycles. The summed E-state index contributed by atoms with van der Waals surface area (Å²) < 4.78 is 1.94. The minimum atomic E-state index is -0.295. The number of carbonyl (C=O) groups is 2. The number of amides is 2. The smallest absolute Gasteiger partial charge is 0.225 e. The molecule has 1 unspecified atom stereocenters. The average Bonchev–Trinajstić information content (AvgIpc) is 3.30. The van der Waals surface area contributed by atoms with Crippen LogP contribution in [-0.2, 0) is 22.7 Å². The summed E-state index contributed by atoms with van der Waals surface area (Å²) in [7, 11) is 0. The zero-order valence-electron chi connectivity index (χ0n) is 14.5. The lowest BCUT2D eigenvalue weighted by Gasteiger charge is -2.16. The van der Waals surface area contributed by atoms with Gasteiger partial charge in [-0.25, -0.2) is 4.98 Å². The summed E-state index contributed by atoms with van der Waals surface area (Å²) in [5.41, 5.74) is 3.10. The van der Waals surface area contributed by atoms with Crippen molar-refractivity contribution in [3.8, 4) is 0 Å². The van der Waals surface area contributed by atoms with Gasteiger partial charge in [0.05, 0.1) is 18.2 Å². The highest BCUT2D eigenvalue weighted by molar-refractivity contribution is 7.15. The van der Waals surface area contributed by atoms with Crippen LogP contribution in [0.4, 0.5) is 0 Å². The number of nitrogens with zero attached hydrogens (tertiary/aromatic N) is 3. The van der Waals surface area contributed by atoms with E-state index in [1.54, 1.807) is 16.2 Å². The maximum absolute atomic E-state index is 12.4. The minimum absolute atomic E-state index is 0.0354. The van der Waals surface area contributed by atoms with Gasteiger partial charge in [0.15, 0.2) is 4.96 Å². The fraction of sp³-hybridized carbons (Fsp3) is 0.316. The predicted octanol–water partition coefficient (Wildman–Crippen LogP) is 2.37. The summed E-state index contributed by atoms with van der Waals surface area (Å²) in [5.74, 6) is -0.342. The molecule has 3 heterocycles. The molecule has 1 N–H and O–H groups in total. The fourth-order valence-electron chi connectivity index (χ4n) is 3.20. The molecule has 2 amide bonds. The van der Waals surface area contributed by atoms with Gasteiger partial charge in [0.1, 0.15) is 0 Å². The first-order valence-electron chi connectivity index (χ1n) is 8.60. The maximum Gasteiger partial charge on any atom is 0.225 e. The van der Waals surface area contributed by atoms with E-state index >= 15 is 0 Å². The molecule has 3 aromatic rings. The van der Waals surface area contributed by atoms with Crippen molar-refractivity contribution < 1.29 is 9.59 Å². The number of fused-ring (bicyclic) bond motifs is 1.